The van der Waals surface area contributed by atoms with E-state index in [0.717, 1.165) is 0 Å². The lowest BCUT2D eigenvalue weighted by Gasteiger charge is -2.10. The Morgan fingerprint density at radius 1 is 1.42 bits per heavy atom. The molecule has 1 aromatic heterocycles. The summed E-state index contributed by atoms with van der Waals surface area (Å²) in [5, 5.41) is 2.87. The van der Waals surface area contributed by atoms with Crippen LogP contribution in [0.2, 0.25) is 0 Å². The first kappa shape index (κ1) is 13.4. The van der Waals surface area contributed by atoms with Crippen molar-refractivity contribution in [2.24, 2.45) is 0 Å². The summed E-state index contributed by atoms with van der Waals surface area (Å²) in [5.74, 6) is 0.547. The molecule has 2 rings (SSSR count). The molecule has 1 aromatic carbocycles. The lowest BCUT2D eigenvalue weighted by Crippen LogP contribution is -2.05. The van der Waals surface area contributed by atoms with Crippen molar-refractivity contribution in [2.75, 3.05) is 18.2 Å². The third kappa shape index (κ3) is 2.87. The van der Waals surface area contributed by atoms with E-state index in [1.807, 2.05) is 0 Å². The maximum atomic E-state index is 11.8. The number of benzene rings is 1. The van der Waals surface area contributed by atoms with Crippen LogP contribution in [0.15, 0.2) is 40.0 Å². The molecule has 0 bridgehead atoms. The van der Waals surface area contributed by atoms with E-state index in [4.69, 9.17) is 9.15 Å². The standard InChI is InChI=1S/C12H14N2O4S/c1-3-19(15,16)9-4-5-11(17-2)10(8-9)14-12-13-6-7-18-12/h4-8H,3H2,1-2H3,(H,13,14). The molecule has 0 saturated carbocycles. The summed E-state index contributed by atoms with van der Waals surface area (Å²) < 4.78 is 33.9. The van der Waals surface area contributed by atoms with Crippen molar-refractivity contribution >= 4 is 21.5 Å². The normalized spacial score (nSPS) is 11.3. The number of aromatic nitrogens is 1. The van der Waals surface area contributed by atoms with Crippen LogP contribution in [0.5, 0.6) is 5.75 Å². The molecule has 0 amide bonds. The molecule has 1 N–H and O–H groups in total. The van der Waals surface area contributed by atoms with E-state index in [0.29, 0.717) is 11.4 Å². The van der Waals surface area contributed by atoms with Crippen LogP contribution in [-0.4, -0.2) is 26.3 Å². The van der Waals surface area contributed by atoms with E-state index in [1.165, 1.54) is 31.7 Å². The van der Waals surface area contributed by atoms with Gasteiger partial charge in [0.15, 0.2) is 9.84 Å². The number of anilines is 2. The number of hydrogen-bond acceptors (Lipinski definition) is 6. The van der Waals surface area contributed by atoms with Gasteiger partial charge in [-0.15, -0.1) is 0 Å². The van der Waals surface area contributed by atoms with Gasteiger partial charge >= 0.3 is 0 Å². The molecule has 0 aliphatic heterocycles. The van der Waals surface area contributed by atoms with Crippen molar-refractivity contribution in [1.29, 1.82) is 0 Å². The van der Waals surface area contributed by atoms with Gasteiger partial charge in [-0.1, -0.05) is 6.92 Å². The van der Waals surface area contributed by atoms with Crippen LogP contribution >= 0.6 is 0 Å². The summed E-state index contributed by atoms with van der Waals surface area (Å²) >= 11 is 0. The summed E-state index contributed by atoms with van der Waals surface area (Å²) in [6, 6.07) is 4.87. The zero-order valence-corrected chi connectivity index (χ0v) is 11.4. The molecule has 0 aliphatic carbocycles. The van der Waals surface area contributed by atoms with Gasteiger partial charge in [-0.25, -0.2) is 13.4 Å². The highest BCUT2D eigenvalue weighted by Gasteiger charge is 2.15. The molecule has 6 nitrogen and oxygen atoms in total. The third-order valence-electron chi connectivity index (χ3n) is 2.58. The Kier molecular flexibility index (Phi) is 3.75. The highest BCUT2D eigenvalue weighted by Crippen LogP contribution is 2.30. The van der Waals surface area contributed by atoms with E-state index < -0.39 is 9.84 Å². The van der Waals surface area contributed by atoms with E-state index in [1.54, 1.807) is 13.0 Å². The average molecular weight is 282 g/mol. The first-order valence-electron chi connectivity index (χ1n) is 5.64. The Labute approximate surface area is 111 Å². The Morgan fingerprint density at radius 3 is 2.79 bits per heavy atom. The fraction of sp³-hybridized carbons (Fsp3) is 0.250. The van der Waals surface area contributed by atoms with Crippen molar-refractivity contribution in [2.45, 2.75) is 11.8 Å². The van der Waals surface area contributed by atoms with E-state index >= 15 is 0 Å². The predicted octanol–water partition coefficient (Wildman–Crippen LogP) is 2.22. The Bertz CT molecular complexity index is 650. The highest BCUT2D eigenvalue weighted by atomic mass is 32.2. The quantitative estimate of drug-likeness (QED) is 0.905. The molecule has 0 fully saturated rings. The minimum Gasteiger partial charge on any atom is -0.495 e. The van der Waals surface area contributed by atoms with Crippen molar-refractivity contribution < 1.29 is 17.6 Å². The molecule has 0 aliphatic rings. The molecule has 0 unspecified atom stereocenters. The van der Waals surface area contributed by atoms with E-state index in [2.05, 4.69) is 10.3 Å². The van der Waals surface area contributed by atoms with Gasteiger partial charge in [-0.2, -0.15) is 0 Å². The van der Waals surface area contributed by atoms with Crippen LogP contribution in [0, 0.1) is 0 Å². The predicted molar refractivity (Wildman–Crippen MR) is 70.5 cm³/mol. The van der Waals surface area contributed by atoms with Crippen LogP contribution in [-0.2, 0) is 9.84 Å². The number of nitrogens with zero attached hydrogens (tertiary/aromatic N) is 1. The molecular weight excluding hydrogens is 268 g/mol. The Morgan fingerprint density at radius 2 is 2.21 bits per heavy atom. The molecule has 102 valence electrons. The summed E-state index contributed by atoms with van der Waals surface area (Å²) in [4.78, 5) is 4.14. The van der Waals surface area contributed by atoms with Gasteiger partial charge in [0, 0.05) is 0 Å². The Hall–Kier alpha value is -2.02. The first-order valence-corrected chi connectivity index (χ1v) is 7.29. The minimum atomic E-state index is -3.27. The zero-order chi connectivity index (χ0) is 13.9. The van der Waals surface area contributed by atoms with Gasteiger partial charge in [-0.05, 0) is 18.2 Å². The number of nitrogens with one attached hydrogen (secondary N) is 1. The number of methoxy groups -OCH3 is 1. The molecule has 1 heterocycles. The number of rotatable bonds is 5. The third-order valence-corrected chi connectivity index (χ3v) is 4.32. The van der Waals surface area contributed by atoms with E-state index in [9.17, 15) is 8.42 Å². The fourth-order valence-corrected chi connectivity index (χ4v) is 2.45. The lowest BCUT2D eigenvalue weighted by atomic mass is 10.3. The van der Waals surface area contributed by atoms with Gasteiger partial charge in [-0.3, -0.25) is 0 Å². The fourth-order valence-electron chi connectivity index (χ4n) is 1.55. The smallest absolute Gasteiger partial charge is 0.299 e. The van der Waals surface area contributed by atoms with Crippen molar-refractivity contribution in [3.8, 4) is 5.75 Å². The van der Waals surface area contributed by atoms with Crippen molar-refractivity contribution in [1.82, 2.24) is 4.98 Å². The van der Waals surface area contributed by atoms with Crippen LogP contribution < -0.4 is 10.1 Å². The molecule has 19 heavy (non-hydrogen) atoms. The topological polar surface area (TPSA) is 81.4 Å². The van der Waals surface area contributed by atoms with Gasteiger partial charge in [0.1, 0.15) is 12.0 Å². The van der Waals surface area contributed by atoms with Gasteiger partial charge in [0.25, 0.3) is 6.01 Å². The highest BCUT2D eigenvalue weighted by molar-refractivity contribution is 7.91. The maximum Gasteiger partial charge on any atom is 0.299 e. The molecule has 0 saturated heterocycles. The van der Waals surface area contributed by atoms with Crippen LogP contribution in [0.3, 0.4) is 0 Å². The van der Waals surface area contributed by atoms with E-state index in [-0.39, 0.29) is 16.7 Å². The summed E-state index contributed by atoms with van der Waals surface area (Å²) in [7, 11) is -1.77. The van der Waals surface area contributed by atoms with Gasteiger partial charge < -0.3 is 14.5 Å². The molecule has 0 radical (unpaired) electrons. The van der Waals surface area contributed by atoms with Gasteiger partial charge in [0.2, 0.25) is 0 Å². The average Bonchev–Trinajstić information content (AvgIpc) is 2.91. The summed E-state index contributed by atoms with van der Waals surface area (Å²) in [5.41, 5.74) is 0.486. The number of oxazole rings is 1. The summed E-state index contributed by atoms with van der Waals surface area (Å²) in [6.07, 6.45) is 2.91. The minimum absolute atomic E-state index is 0.0395. The monoisotopic (exact) mass is 282 g/mol. The number of hydrogen-bond donors (Lipinski definition) is 1. The SMILES string of the molecule is CCS(=O)(=O)c1ccc(OC)c(Nc2ncco2)c1. The maximum absolute atomic E-state index is 11.8. The van der Waals surface area contributed by atoms with Crippen LogP contribution in [0.25, 0.3) is 0 Å². The molecular formula is C12H14N2O4S. The first-order chi connectivity index (χ1) is 9.06. The largest absolute Gasteiger partial charge is 0.495 e. The number of sulfone groups is 1. The molecule has 0 atom stereocenters. The number of ether oxygens (including phenoxy) is 1. The second-order valence-electron chi connectivity index (χ2n) is 3.73. The second kappa shape index (κ2) is 5.31. The lowest BCUT2D eigenvalue weighted by molar-refractivity contribution is 0.416. The molecule has 0 spiro atoms. The van der Waals surface area contributed by atoms with Crippen LogP contribution in [0.4, 0.5) is 11.7 Å². The van der Waals surface area contributed by atoms with Crippen molar-refractivity contribution in [3.63, 3.8) is 0 Å². The van der Waals surface area contributed by atoms with Crippen molar-refractivity contribution in [3.05, 3.63) is 30.7 Å². The van der Waals surface area contributed by atoms with Crippen LogP contribution in [0.1, 0.15) is 6.92 Å². The second-order valence-corrected chi connectivity index (χ2v) is 6.01. The molecule has 2 aromatic rings. The summed E-state index contributed by atoms with van der Waals surface area (Å²) in [6.45, 7) is 1.60. The zero-order valence-electron chi connectivity index (χ0n) is 10.6. The molecule has 7 heteroatoms. The Balaban J connectivity index is 2.42. The van der Waals surface area contributed by atoms with Gasteiger partial charge in [0.05, 0.1) is 29.6 Å².